The topological polar surface area (TPSA) is 81.4 Å². The fourth-order valence-corrected chi connectivity index (χ4v) is 4.06. The number of ketones is 1. The van der Waals surface area contributed by atoms with Crippen molar-refractivity contribution >= 4 is 28.2 Å². The molecule has 144 valence electrons. The van der Waals surface area contributed by atoms with Crippen molar-refractivity contribution in [2.45, 2.75) is 12.8 Å². The summed E-state index contributed by atoms with van der Waals surface area (Å²) in [6.45, 7) is 1.09. The Labute approximate surface area is 164 Å². The lowest BCUT2D eigenvalue weighted by molar-refractivity contribution is 0.0547. The van der Waals surface area contributed by atoms with Crippen LogP contribution in [0.4, 0.5) is 9.52 Å². The largest absolute Gasteiger partial charge is 0.463 e. The minimum Gasteiger partial charge on any atom is -0.463 e. The number of hydrogen-bond donors (Lipinski definition) is 1. The van der Waals surface area contributed by atoms with Gasteiger partial charge >= 0.3 is 0 Å². The molecular weight excluding hydrogens is 383 g/mol. The van der Waals surface area contributed by atoms with Crippen molar-refractivity contribution < 1.29 is 23.1 Å². The van der Waals surface area contributed by atoms with E-state index in [1.54, 1.807) is 18.2 Å². The molecule has 2 aromatic heterocycles. The number of amides is 1. The lowest BCUT2D eigenvalue weighted by atomic mass is 9.94. The number of Topliss-reactive ketones (excluding diaryl/α,β-unsaturated/α-hetero) is 1. The second-order valence-corrected chi connectivity index (χ2v) is 7.36. The summed E-state index contributed by atoms with van der Waals surface area (Å²) in [5, 5.41) is 2.81. The van der Waals surface area contributed by atoms with Crippen LogP contribution in [0.25, 0.3) is 11.5 Å². The first-order chi connectivity index (χ1) is 13.6. The summed E-state index contributed by atoms with van der Waals surface area (Å²) in [6, 6.07) is 9.10. The molecular formula is C20H17FN2O4S. The number of rotatable bonds is 5. The van der Waals surface area contributed by atoms with Gasteiger partial charge in [0.15, 0.2) is 16.7 Å². The van der Waals surface area contributed by atoms with Gasteiger partial charge in [0.25, 0.3) is 5.91 Å². The molecule has 4 rings (SSSR count). The maximum atomic E-state index is 13.9. The third kappa shape index (κ3) is 3.74. The molecule has 0 unspecified atom stereocenters. The van der Waals surface area contributed by atoms with Gasteiger partial charge in [0, 0.05) is 19.1 Å². The van der Waals surface area contributed by atoms with Crippen LogP contribution in [0.3, 0.4) is 0 Å². The van der Waals surface area contributed by atoms with E-state index >= 15 is 0 Å². The van der Waals surface area contributed by atoms with Crippen LogP contribution in [0.1, 0.15) is 32.9 Å². The summed E-state index contributed by atoms with van der Waals surface area (Å²) in [4.78, 5) is 30.2. The van der Waals surface area contributed by atoms with E-state index in [9.17, 15) is 14.0 Å². The van der Waals surface area contributed by atoms with Crippen molar-refractivity contribution in [3.05, 3.63) is 58.9 Å². The van der Waals surface area contributed by atoms with Crippen LogP contribution in [0.5, 0.6) is 0 Å². The normalized spacial score (nSPS) is 14.8. The highest BCUT2D eigenvalue weighted by Gasteiger charge is 2.29. The van der Waals surface area contributed by atoms with Gasteiger partial charge in [-0.2, -0.15) is 0 Å². The van der Waals surface area contributed by atoms with Gasteiger partial charge in [-0.25, -0.2) is 9.37 Å². The molecule has 0 aliphatic carbocycles. The average molecular weight is 400 g/mol. The van der Waals surface area contributed by atoms with Crippen molar-refractivity contribution in [2.75, 3.05) is 18.5 Å². The number of furan rings is 1. The molecule has 1 aliphatic rings. The van der Waals surface area contributed by atoms with Crippen molar-refractivity contribution in [2.24, 2.45) is 5.92 Å². The van der Waals surface area contributed by atoms with E-state index in [1.807, 2.05) is 0 Å². The smallest absolute Gasteiger partial charge is 0.260 e. The molecule has 1 amide bonds. The van der Waals surface area contributed by atoms with Crippen molar-refractivity contribution in [1.82, 2.24) is 4.98 Å². The first kappa shape index (κ1) is 18.5. The Morgan fingerprint density at radius 1 is 1.14 bits per heavy atom. The van der Waals surface area contributed by atoms with Crippen LogP contribution < -0.4 is 5.32 Å². The lowest BCUT2D eigenvalue weighted by Gasteiger charge is -2.20. The molecule has 0 radical (unpaired) electrons. The number of carbonyl (C=O) groups excluding carboxylic acids is 2. The zero-order valence-corrected chi connectivity index (χ0v) is 15.6. The molecule has 1 aromatic carbocycles. The predicted molar refractivity (Wildman–Crippen MR) is 102 cm³/mol. The zero-order valence-electron chi connectivity index (χ0n) is 14.8. The number of benzene rings is 1. The highest BCUT2D eigenvalue weighted by Crippen LogP contribution is 2.35. The van der Waals surface area contributed by atoms with Crippen LogP contribution in [-0.2, 0) is 4.74 Å². The van der Waals surface area contributed by atoms with Crippen LogP contribution in [0.15, 0.2) is 47.1 Å². The lowest BCUT2D eigenvalue weighted by Crippen LogP contribution is -2.23. The maximum absolute atomic E-state index is 13.9. The molecule has 6 nitrogen and oxygen atoms in total. The van der Waals surface area contributed by atoms with E-state index in [4.69, 9.17) is 9.15 Å². The van der Waals surface area contributed by atoms with E-state index in [0.29, 0.717) is 42.4 Å². The molecule has 0 bridgehead atoms. The molecule has 1 N–H and O–H groups in total. The van der Waals surface area contributed by atoms with E-state index in [0.717, 1.165) is 11.3 Å². The minimum atomic E-state index is -0.624. The van der Waals surface area contributed by atoms with Gasteiger partial charge in [-0.15, -0.1) is 0 Å². The number of hydrogen-bond acceptors (Lipinski definition) is 6. The Hall–Kier alpha value is -2.84. The summed E-state index contributed by atoms with van der Waals surface area (Å²) in [7, 11) is 0. The van der Waals surface area contributed by atoms with Crippen molar-refractivity contribution in [3.8, 4) is 11.5 Å². The predicted octanol–water partition coefficient (Wildman–Crippen LogP) is 4.40. The molecule has 0 atom stereocenters. The third-order valence-electron chi connectivity index (χ3n) is 4.54. The van der Waals surface area contributed by atoms with Crippen molar-refractivity contribution in [3.63, 3.8) is 0 Å². The van der Waals surface area contributed by atoms with E-state index in [2.05, 4.69) is 10.3 Å². The number of ether oxygens (including phenoxy) is 1. The summed E-state index contributed by atoms with van der Waals surface area (Å²) < 4.78 is 24.6. The van der Waals surface area contributed by atoms with Gasteiger partial charge in [-0.1, -0.05) is 23.5 Å². The summed E-state index contributed by atoms with van der Waals surface area (Å²) in [5.74, 6) is -1.00. The highest BCUT2D eigenvalue weighted by atomic mass is 32.1. The number of carbonyl (C=O) groups is 2. The molecule has 1 aliphatic heterocycles. The van der Waals surface area contributed by atoms with Crippen LogP contribution in [-0.4, -0.2) is 29.9 Å². The Balaban J connectivity index is 1.65. The summed E-state index contributed by atoms with van der Waals surface area (Å²) >= 11 is 1.07. The van der Waals surface area contributed by atoms with Crippen molar-refractivity contribution in [1.29, 1.82) is 0 Å². The van der Waals surface area contributed by atoms with Crippen LogP contribution in [0, 0.1) is 11.7 Å². The Morgan fingerprint density at radius 2 is 1.93 bits per heavy atom. The SMILES string of the molecule is O=C(Nc1nc(-c2ccco2)c(C(=O)C2CCOCC2)s1)c1ccccc1F. The van der Waals surface area contributed by atoms with Gasteiger partial charge in [-0.3, -0.25) is 14.9 Å². The van der Waals surface area contributed by atoms with Crippen LogP contribution in [0.2, 0.25) is 0 Å². The molecule has 0 saturated carbocycles. The molecule has 28 heavy (non-hydrogen) atoms. The molecule has 3 heterocycles. The first-order valence-corrected chi connectivity index (χ1v) is 9.67. The number of aromatic nitrogens is 1. The zero-order chi connectivity index (χ0) is 19.5. The molecule has 1 saturated heterocycles. The number of halogens is 1. The highest BCUT2D eigenvalue weighted by molar-refractivity contribution is 7.18. The van der Waals surface area contributed by atoms with Gasteiger partial charge in [0.1, 0.15) is 16.4 Å². The molecule has 3 aromatic rings. The van der Waals surface area contributed by atoms with Gasteiger partial charge in [-0.05, 0) is 37.1 Å². The Kier molecular flexibility index (Phi) is 5.31. The maximum Gasteiger partial charge on any atom is 0.260 e. The first-order valence-electron chi connectivity index (χ1n) is 8.86. The second-order valence-electron chi connectivity index (χ2n) is 6.36. The second kappa shape index (κ2) is 8.04. The van der Waals surface area contributed by atoms with E-state index in [-0.39, 0.29) is 22.4 Å². The standard InChI is InChI=1S/C20H17FN2O4S/c21-14-5-2-1-4-13(14)19(25)23-20-22-16(15-6-3-9-27-15)18(28-20)17(24)12-7-10-26-11-8-12/h1-6,9,12H,7-8,10-11H2,(H,22,23,25). The summed E-state index contributed by atoms with van der Waals surface area (Å²) in [6.07, 6.45) is 2.78. The number of nitrogens with zero attached hydrogens (tertiary/aromatic N) is 1. The Morgan fingerprint density at radius 3 is 2.64 bits per heavy atom. The Bertz CT molecular complexity index is 994. The number of thiazole rings is 1. The van der Waals surface area contributed by atoms with Crippen LogP contribution >= 0.6 is 11.3 Å². The quantitative estimate of drug-likeness (QED) is 0.642. The van der Waals surface area contributed by atoms with Gasteiger partial charge in [0.05, 0.1) is 11.8 Å². The molecule has 1 fully saturated rings. The third-order valence-corrected chi connectivity index (χ3v) is 5.52. The van der Waals surface area contributed by atoms with E-state index < -0.39 is 11.7 Å². The van der Waals surface area contributed by atoms with Gasteiger partial charge in [0.2, 0.25) is 0 Å². The van der Waals surface area contributed by atoms with E-state index in [1.165, 1.54) is 24.5 Å². The van der Waals surface area contributed by atoms with Gasteiger partial charge < -0.3 is 9.15 Å². The average Bonchev–Trinajstić information content (AvgIpc) is 3.38. The molecule has 0 spiro atoms. The fraction of sp³-hybridized carbons (Fsp3) is 0.250. The fourth-order valence-electron chi connectivity index (χ4n) is 3.08. The number of anilines is 1. The number of nitrogens with one attached hydrogen (secondary N) is 1. The summed E-state index contributed by atoms with van der Waals surface area (Å²) in [5.41, 5.74) is 0.296. The minimum absolute atomic E-state index is 0.0430. The molecule has 8 heteroatoms. The monoisotopic (exact) mass is 400 g/mol.